The fourth-order valence-electron chi connectivity index (χ4n) is 5.51. The zero-order valence-electron chi connectivity index (χ0n) is 20.0. The molecule has 2 aliphatic rings. The minimum atomic E-state index is -1.63. The van der Waals surface area contributed by atoms with Crippen molar-refractivity contribution in [1.29, 1.82) is 0 Å². The number of amides is 2. The van der Waals surface area contributed by atoms with Crippen molar-refractivity contribution in [2.24, 2.45) is 0 Å². The number of carbonyl (C=O) groups excluding carboxylic acids is 2. The predicted molar refractivity (Wildman–Crippen MR) is 135 cm³/mol. The molecule has 1 atom stereocenters. The van der Waals surface area contributed by atoms with Crippen LogP contribution in [0.15, 0.2) is 82.0 Å². The summed E-state index contributed by atoms with van der Waals surface area (Å²) in [5, 5.41) is 0.348. The molecule has 2 amide bonds. The van der Waals surface area contributed by atoms with E-state index in [9.17, 15) is 14.4 Å². The number of rotatable bonds is 5. The summed E-state index contributed by atoms with van der Waals surface area (Å²) in [6, 6.07) is 22.3. The van der Waals surface area contributed by atoms with Crippen LogP contribution in [0.5, 0.6) is 0 Å². The fourth-order valence-corrected chi connectivity index (χ4v) is 5.51. The van der Waals surface area contributed by atoms with Gasteiger partial charge in [0, 0.05) is 19.2 Å². The molecule has 36 heavy (non-hydrogen) atoms. The number of carbonyl (C=O) groups is 2. The lowest BCUT2D eigenvalue weighted by Crippen LogP contribution is -2.54. The number of benzene rings is 3. The van der Waals surface area contributed by atoms with Crippen LogP contribution in [0, 0.1) is 6.92 Å². The van der Waals surface area contributed by atoms with Crippen molar-refractivity contribution < 1.29 is 18.7 Å². The van der Waals surface area contributed by atoms with Gasteiger partial charge in [-0.25, -0.2) is 0 Å². The lowest BCUT2D eigenvalue weighted by atomic mass is 9.84. The van der Waals surface area contributed by atoms with Crippen LogP contribution < -0.4 is 10.3 Å². The van der Waals surface area contributed by atoms with Crippen molar-refractivity contribution in [3.8, 4) is 0 Å². The molecule has 1 spiro atoms. The maximum atomic E-state index is 14.5. The summed E-state index contributed by atoms with van der Waals surface area (Å²) in [6.07, 6.45) is 0. The Kier molecular flexibility index (Phi) is 5.05. The number of fused-ring (bicyclic) bond motifs is 5. The molecule has 4 aromatic rings. The van der Waals surface area contributed by atoms with Gasteiger partial charge in [-0.15, -0.1) is 0 Å². The fraction of sp³-hybridized carbons (Fsp3) is 0.207. The second-order valence-corrected chi connectivity index (χ2v) is 9.19. The van der Waals surface area contributed by atoms with E-state index in [4.69, 9.17) is 9.15 Å². The number of para-hydroxylation sites is 1. The first-order chi connectivity index (χ1) is 17.5. The highest BCUT2D eigenvalue weighted by molar-refractivity contribution is 6.17. The van der Waals surface area contributed by atoms with Gasteiger partial charge in [-0.1, -0.05) is 60.2 Å². The summed E-state index contributed by atoms with van der Waals surface area (Å²) in [4.78, 5) is 45.5. The molecule has 7 heteroatoms. The molecule has 0 N–H and O–H groups in total. The van der Waals surface area contributed by atoms with Crippen LogP contribution in [0.4, 0.5) is 5.69 Å². The van der Waals surface area contributed by atoms with Gasteiger partial charge in [0.1, 0.15) is 5.58 Å². The largest absolute Gasteiger partial charge is 0.450 e. The van der Waals surface area contributed by atoms with Crippen LogP contribution >= 0.6 is 0 Å². The van der Waals surface area contributed by atoms with Crippen molar-refractivity contribution in [2.75, 3.05) is 25.2 Å². The zero-order chi connectivity index (χ0) is 25.0. The van der Waals surface area contributed by atoms with Crippen LogP contribution in [-0.2, 0) is 21.6 Å². The average molecular weight is 481 g/mol. The van der Waals surface area contributed by atoms with Crippen molar-refractivity contribution in [2.45, 2.75) is 19.0 Å². The molecule has 180 valence electrons. The van der Waals surface area contributed by atoms with E-state index in [1.807, 2.05) is 67.6 Å². The van der Waals surface area contributed by atoms with Gasteiger partial charge >= 0.3 is 0 Å². The Labute approximate surface area is 207 Å². The van der Waals surface area contributed by atoms with E-state index >= 15 is 0 Å². The van der Waals surface area contributed by atoms with Crippen LogP contribution in [0.25, 0.3) is 11.0 Å². The molecule has 3 heterocycles. The van der Waals surface area contributed by atoms with Gasteiger partial charge in [-0.2, -0.15) is 0 Å². The highest BCUT2D eigenvalue weighted by Crippen LogP contribution is 2.52. The van der Waals surface area contributed by atoms with Crippen molar-refractivity contribution in [3.05, 3.63) is 111 Å². The Bertz CT molecular complexity index is 1590. The second-order valence-electron chi connectivity index (χ2n) is 9.19. The number of aryl methyl sites for hydroxylation is 1. The smallest absolute Gasteiger partial charge is 0.291 e. The van der Waals surface area contributed by atoms with E-state index in [1.165, 1.54) is 12.0 Å². The Hall–Kier alpha value is -4.23. The Morgan fingerprint density at radius 3 is 2.47 bits per heavy atom. The summed E-state index contributed by atoms with van der Waals surface area (Å²) in [7, 11) is 1.53. The van der Waals surface area contributed by atoms with E-state index in [2.05, 4.69) is 0 Å². The summed E-state index contributed by atoms with van der Waals surface area (Å²) in [5.74, 6) is -0.932. The van der Waals surface area contributed by atoms with Crippen LogP contribution in [0.2, 0.25) is 0 Å². The molecule has 1 aromatic heterocycles. The van der Waals surface area contributed by atoms with Gasteiger partial charge in [0.2, 0.25) is 5.76 Å². The molecule has 3 aromatic carbocycles. The molecule has 2 aliphatic heterocycles. The molecule has 1 unspecified atom stereocenters. The van der Waals surface area contributed by atoms with Crippen molar-refractivity contribution in [1.82, 2.24) is 4.90 Å². The topological polar surface area (TPSA) is 80.1 Å². The minimum absolute atomic E-state index is 0.0784. The third-order valence-electron chi connectivity index (χ3n) is 7.09. The van der Waals surface area contributed by atoms with Crippen LogP contribution in [-0.4, -0.2) is 37.0 Å². The summed E-state index contributed by atoms with van der Waals surface area (Å²) in [5.41, 5.74) is 1.48. The van der Waals surface area contributed by atoms with Crippen LogP contribution in [0.3, 0.4) is 0 Å². The maximum Gasteiger partial charge on any atom is 0.291 e. The molecule has 7 nitrogen and oxygen atoms in total. The van der Waals surface area contributed by atoms with Gasteiger partial charge in [0.05, 0.1) is 29.8 Å². The molecular weight excluding hydrogens is 456 g/mol. The van der Waals surface area contributed by atoms with E-state index in [-0.39, 0.29) is 35.8 Å². The number of hydrogen-bond donors (Lipinski definition) is 0. The van der Waals surface area contributed by atoms with Gasteiger partial charge in [-0.3, -0.25) is 14.4 Å². The monoisotopic (exact) mass is 480 g/mol. The van der Waals surface area contributed by atoms with Gasteiger partial charge in [-0.05, 0) is 30.7 Å². The first-order valence-electron chi connectivity index (χ1n) is 11.8. The number of anilines is 1. The SMILES string of the molecule is COCCN1C(=O)c2oc3ccc(C)cc3c(=O)c2C12C(=O)N(Cc1ccccc1)c1ccccc12. The summed E-state index contributed by atoms with van der Waals surface area (Å²) < 4.78 is 11.4. The normalized spacial score (nSPS) is 18.4. The first kappa shape index (κ1) is 22.2. The lowest BCUT2D eigenvalue weighted by Gasteiger charge is -2.34. The molecule has 0 radical (unpaired) electrons. The molecule has 0 saturated carbocycles. The van der Waals surface area contributed by atoms with Crippen LogP contribution in [0.1, 0.15) is 32.8 Å². The Morgan fingerprint density at radius 2 is 1.69 bits per heavy atom. The molecule has 6 rings (SSSR count). The number of hydrogen-bond acceptors (Lipinski definition) is 5. The molecule has 0 fully saturated rings. The van der Waals surface area contributed by atoms with Gasteiger partial charge < -0.3 is 19.0 Å². The van der Waals surface area contributed by atoms with Crippen molar-refractivity contribution in [3.63, 3.8) is 0 Å². The maximum absolute atomic E-state index is 14.5. The quantitative estimate of drug-likeness (QED) is 0.432. The van der Waals surface area contributed by atoms with E-state index < -0.39 is 11.4 Å². The molecule has 0 aliphatic carbocycles. The average Bonchev–Trinajstić information content (AvgIpc) is 3.28. The third kappa shape index (κ3) is 2.93. The van der Waals surface area contributed by atoms with E-state index in [1.54, 1.807) is 17.0 Å². The summed E-state index contributed by atoms with van der Waals surface area (Å²) in [6.45, 7) is 2.50. The Morgan fingerprint density at radius 1 is 0.944 bits per heavy atom. The zero-order valence-corrected chi connectivity index (χ0v) is 20.0. The highest BCUT2D eigenvalue weighted by atomic mass is 16.5. The van der Waals surface area contributed by atoms with E-state index in [0.29, 0.717) is 28.8 Å². The lowest BCUT2D eigenvalue weighted by molar-refractivity contribution is -0.126. The molecule has 0 saturated heterocycles. The second kappa shape index (κ2) is 8.17. The predicted octanol–water partition coefficient (Wildman–Crippen LogP) is 3.99. The van der Waals surface area contributed by atoms with E-state index in [0.717, 1.165) is 11.1 Å². The minimum Gasteiger partial charge on any atom is -0.450 e. The van der Waals surface area contributed by atoms with Gasteiger partial charge in [0.15, 0.2) is 11.0 Å². The first-order valence-corrected chi connectivity index (χ1v) is 11.8. The highest BCUT2D eigenvalue weighted by Gasteiger charge is 2.64. The number of ether oxygens (including phenoxy) is 1. The Balaban J connectivity index is 1.66. The standard InChI is InChI=1S/C29H24N2O5/c1-18-12-13-23-20(16-18)25(32)24-26(36-23)27(33)31(14-15-35-2)29(24)21-10-6-7-11-22(21)30(28(29)34)17-19-8-4-3-5-9-19/h3-13,16H,14-15,17H2,1-2H3. The summed E-state index contributed by atoms with van der Waals surface area (Å²) >= 11 is 0. The molecular formula is C29H24N2O5. The number of methoxy groups -OCH3 is 1. The molecule has 0 bridgehead atoms. The van der Waals surface area contributed by atoms with Crippen molar-refractivity contribution >= 4 is 28.5 Å². The van der Waals surface area contributed by atoms with Gasteiger partial charge in [0.25, 0.3) is 11.8 Å². The number of nitrogens with zero attached hydrogens (tertiary/aromatic N) is 2. The third-order valence-corrected chi connectivity index (χ3v) is 7.09.